The number of rotatable bonds is 3. The first-order valence-corrected chi connectivity index (χ1v) is 4.06. The van der Waals surface area contributed by atoms with E-state index in [9.17, 15) is 13.2 Å². The summed E-state index contributed by atoms with van der Waals surface area (Å²) in [6, 6.07) is 1.18. The Hall–Kier alpha value is -1.07. The van der Waals surface area contributed by atoms with Gasteiger partial charge in [0.15, 0.2) is 11.6 Å². The molecular weight excluding hydrogens is 195 g/mol. The first kappa shape index (κ1) is 11.0. The number of hydrogen-bond acceptors (Lipinski definition) is 2. The lowest BCUT2D eigenvalue weighted by molar-refractivity contribution is 0.182. The Balaban J connectivity index is 2.92. The summed E-state index contributed by atoms with van der Waals surface area (Å²) in [5.41, 5.74) is 5.02. The molecule has 0 saturated carbocycles. The Morgan fingerprint density at radius 1 is 1.14 bits per heavy atom. The number of aliphatic hydroxyl groups is 1. The predicted molar refractivity (Wildman–Crippen MR) is 45.1 cm³/mol. The summed E-state index contributed by atoms with van der Waals surface area (Å²) >= 11 is 0. The van der Waals surface area contributed by atoms with Crippen LogP contribution in [0, 0.1) is 17.5 Å². The van der Waals surface area contributed by atoms with Crippen LogP contribution in [0.25, 0.3) is 0 Å². The van der Waals surface area contributed by atoms with Crippen LogP contribution in [0.5, 0.6) is 0 Å². The van der Waals surface area contributed by atoms with E-state index >= 15 is 0 Å². The van der Waals surface area contributed by atoms with Gasteiger partial charge in [0.25, 0.3) is 0 Å². The minimum atomic E-state index is -1.24. The quantitative estimate of drug-likeness (QED) is 0.722. The molecule has 0 radical (unpaired) electrons. The summed E-state index contributed by atoms with van der Waals surface area (Å²) in [5, 5.41) is 9.09. The SMILES string of the molecule is NC[C@H](O)Cc1cc(F)c(F)cc1F. The van der Waals surface area contributed by atoms with Gasteiger partial charge in [-0.25, -0.2) is 13.2 Å². The molecule has 0 saturated heterocycles. The van der Waals surface area contributed by atoms with Gasteiger partial charge in [-0.3, -0.25) is 0 Å². The van der Waals surface area contributed by atoms with E-state index in [4.69, 9.17) is 10.8 Å². The van der Waals surface area contributed by atoms with Crippen LogP contribution < -0.4 is 5.73 Å². The molecule has 0 spiro atoms. The Bertz CT molecular complexity index is 330. The van der Waals surface area contributed by atoms with Crippen LogP contribution in [0.2, 0.25) is 0 Å². The molecule has 78 valence electrons. The molecule has 2 nitrogen and oxygen atoms in total. The first-order valence-electron chi connectivity index (χ1n) is 4.06. The normalized spacial score (nSPS) is 12.9. The molecule has 0 aliphatic carbocycles. The Kier molecular flexibility index (Phi) is 3.49. The van der Waals surface area contributed by atoms with Gasteiger partial charge in [-0.05, 0) is 11.6 Å². The minimum absolute atomic E-state index is 0.0571. The average molecular weight is 205 g/mol. The lowest BCUT2D eigenvalue weighted by Crippen LogP contribution is -2.22. The molecule has 14 heavy (non-hydrogen) atoms. The van der Waals surface area contributed by atoms with Crippen LogP contribution in [0.4, 0.5) is 13.2 Å². The second kappa shape index (κ2) is 4.43. The van der Waals surface area contributed by atoms with Crippen LogP contribution in [0.15, 0.2) is 12.1 Å². The molecule has 0 heterocycles. The monoisotopic (exact) mass is 205 g/mol. The second-order valence-corrected chi connectivity index (χ2v) is 2.95. The molecule has 1 atom stereocenters. The molecule has 1 aromatic carbocycles. The van der Waals surface area contributed by atoms with Crippen molar-refractivity contribution in [2.45, 2.75) is 12.5 Å². The molecule has 1 rings (SSSR count). The van der Waals surface area contributed by atoms with Gasteiger partial charge in [0.05, 0.1) is 6.10 Å². The van der Waals surface area contributed by atoms with Crippen molar-refractivity contribution in [1.29, 1.82) is 0 Å². The van der Waals surface area contributed by atoms with Crippen LogP contribution in [-0.2, 0) is 6.42 Å². The van der Waals surface area contributed by atoms with Gasteiger partial charge in [0.1, 0.15) is 5.82 Å². The number of aliphatic hydroxyl groups excluding tert-OH is 1. The Morgan fingerprint density at radius 3 is 2.29 bits per heavy atom. The van der Waals surface area contributed by atoms with Crippen molar-refractivity contribution in [3.05, 3.63) is 35.1 Å². The highest BCUT2D eigenvalue weighted by Gasteiger charge is 2.12. The van der Waals surface area contributed by atoms with E-state index in [0.717, 1.165) is 6.07 Å². The van der Waals surface area contributed by atoms with Gasteiger partial charge >= 0.3 is 0 Å². The highest BCUT2D eigenvalue weighted by molar-refractivity contribution is 5.20. The molecule has 5 heteroatoms. The molecule has 3 N–H and O–H groups in total. The third-order valence-electron chi connectivity index (χ3n) is 1.82. The lowest BCUT2D eigenvalue weighted by Gasteiger charge is -2.08. The van der Waals surface area contributed by atoms with E-state index in [1.54, 1.807) is 0 Å². The minimum Gasteiger partial charge on any atom is -0.391 e. The topological polar surface area (TPSA) is 46.2 Å². The van der Waals surface area contributed by atoms with Gasteiger partial charge in [0, 0.05) is 19.0 Å². The van der Waals surface area contributed by atoms with Gasteiger partial charge < -0.3 is 10.8 Å². The maximum Gasteiger partial charge on any atom is 0.161 e. The maximum atomic E-state index is 13.0. The lowest BCUT2D eigenvalue weighted by atomic mass is 10.1. The van der Waals surface area contributed by atoms with Crippen molar-refractivity contribution in [2.24, 2.45) is 5.73 Å². The van der Waals surface area contributed by atoms with Crippen molar-refractivity contribution >= 4 is 0 Å². The summed E-state index contributed by atoms with van der Waals surface area (Å²) in [7, 11) is 0. The van der Waals surface area contributed by atoms with Crippen LogP contribution in [-0.4, -0.2) is 17.8 Å². The third-order valence-corrected chi connectivity index (χ3v) is 1.82. The molecule has 1 aromatic rings. The predicted octanol–water partition coefficient (Wildman–Crippen LogP) is 0.966. The fourth-order valence-electron chi connectivity index (χ4n) is 1.06. The van der Waals surface area contributed by atoms with Crippen LogP contribution in [0.1, 0.15) is 5.56 Å². The van der Waals surface area contributed by atoms with Crippen molar-refractivity contribution < 1.29 is 18.3 Å². The van der Waals surface area contributed by atoms with E-state index in [1.165, 1.54) is 0 Å². The van der Waals surface area contributed by atoms with E-state index in [-0.39, 0.29) is 18.5 Å². The van der Waals surface area contributed by atoms with E-state index in [2.05, 4.69) is 0 Å². The van der Waals surface area contributed by atoms with Crippen LogP contribution >= 0.6 is 0 Å². The molecular formula is C9H10F3NO. The van der Waals surface area contributed by atoms with Gasteiger partial charge in [0.2, 0.25) is 0 Å². The molecule has 0 bridgehead atoms. The summed E-state index contributed by atoms with van der Waals surface area (Å²) in [6.07, 6.45) is -1.08. The zero-order valence-corrected chi connectivity index (χ0v) is 7.30. The molecule has 0 unspecified atom stereocenters. The van der Waals surface area contributed by atoms with E-state index in [0.29, 0.717) is 6.07 Å². The van der Waals surface area contributed by atoms with Crippen molar-refractivity contribution in [3.63, 3.8) is 0 Å². The van der Waals surface area contributed by atoms with Gasteiger partial charge in [-0.15, -0.1) is 0 Å². The highest BCUT2D eigenvalue weighted by atomic mass is 19.2. The van der Waals surface area contributed by atoms with Gasteiger partial charge in [-0.1, -0.05) is 0 Å². The first-order chi connectivity index (χ1) is 6.54. The van der Waals surface area contributed by atoms with Crippen molar-refractivity contribution in [2.75, 3.05) is 6.54 Å². The fourth-order valence-corrected chi connectivity index (χ4v) is 1.06. The molecule has 0 fully saturated rings. The number of halogens is 3. The van der Waals surface area contributed by atoms with E-state index < -0.39 is 23.6 Å². The molecule has 0 amide bonds. The zero-order valence-electron chi connectivity index (χ0n) is 7.30. The Morgan fingerprint density at radius 2 is 1.71 bits per heavy atom. The van der Waals surface area contributed by atoms with E-state index in [1.807, 2.05) is 0 Å². The Labute approximate surface area is 79.2 Å². The second-order valence-electron chi connectivity index (χ2n) is 2.95. The summed E-state index contributed by atoms with van der Waals surface area (Å²) in [6.45, 7) is -0.0571. The fraction of sp³-hybridized carbons (Fsp3) is 0.333. The number of benzene rings is 1. The average Bonchev–Trinajstić information content (AvgIpc) is 2.14. The van der Waals surface area contributed by atoms with Crippen molar-refractivity contribution in [1.82, 2.24) is 0 Å². The summed E-state index contributed by atoms with van der Waals surface area (Å²) in [4.78, 5) is 0. The van der Waals surface area contributed by atoms with Gasteiger partial charge in [-0.2, -0.15) is 0 Å². The smallest absolute Gasteiger partial charge is 0.161 e. The molecule has 0 aliphatic heterocycles. The third kappa shape index (κ3) is 2.46. The standard InChI is InChI=1S/C9H10F3NO/c10-7-3-9(12)8(11)2-5(7)1-6(14)4-13/h2-3,6,14H,1,4,13H2/t6-/m1/s1. The molecule has 0 aromatic heterocycles. The highest BCUT2D eigenvalue weighted by Crippen LogP contribution is 2.15. The maximum absolute atomic E-state index is 13.0. The van der Waals surface area contributed by atoms with Crippen LogP contribution in [0.3, 0.4) is 0 Å². The largest absolute Gasteiger partial charge is 0.391 e. The summed E-state index contributed by atoms with van der Waals surface area (Å²) < 4.78 is 38.1. The number of nitrogens with two attached hydrogens (primary N) is 1. The molecule has 0 aliphatic rings. The van der Waals surface area contributed by atoms with Crippen molar-refractivity contribution in [3.8, 4) is 0 Å². The zero-order chi connectivity index (χ0) is 10.7. The number of hydrogen-bond donors (Lipinski definition) is 2. The summed E-state index contributed by atoms with van der Waals surface area (Å²) in [5.74, 6) is -3.25.